The quantitative estimate of drug-likeness (QED) is 0.721. The van der Waals surface area contributed by atoms with E-state index in [-0.39, 0.29) is 11.9 Å². The smallest absolute Gasteiger partial charge is 0.159 e. The lowest BCUT2D eigenvalue weighted by Crippen LogP contribution is -2.09. The average molecular weight is 220 g/mol. The first-order chi connectivity index (χ1) is 7.41. The normalized spacial score (nSPS) is 10.9. The van der Waals surface area contributed by atoms with E-state index in [0.717, 1.165) is 11.3 Å². The van der Waals surface area contributed by atoms with Crippen molar-refractivity contribution in [2.45, 2.75) is 46.6 Å². The van der Waals surface area contributed by atoms with E-state index in [2.05, 4.69) is 13.8 Å². The SMILES string of the molecule is CC(=O)c1ccc(C(C)C)c(OC(C)C)c1. The maximum Gasteiger partial charge on any atom is 0.159 e. The van der Waals surface area contributed by atoms with Gasteiger partial charge in [0, 0.05) is 5.56 Å². The van der Waals surface area contributed by atoms with E-state index in [1.807, 2.05) is 32.0 Å². The molecule has 1 aromatic carbocycles. The molecule has 0 aliphatic carbocycles. The Balaban J connectivity index is 3.15. The van der Waals surface area contributed by atoms with Crippen molar-refractivity contribution in [3.8, 4) is 5.75 Å². The molecule has 0 amide bonds. The zero-order valence-corrected chi connectivity index (χ0v) is 10.7. The van der Waals surface area contributed by atoms with Gasteiger partial charge in [-0.2, -0.15) is 0 Å². The molecule has 0 saturated heterocycles. The monoisotopic (exact) mass is 220 g/mol. The molecule has 0 unspecified atom stereocenters. The first-order valence-electron chi connectivity index (χ1n) is 5.73. The summed E-state index contributed by atoms with van der Waals surface area (Å²) in [7, 11) is 0. The molecule has 16 heavy (non-hydrogen) atoms. The van der Waals surface area contributed by atoms with Gasteiger partial charge in [0.1, 0.15) is 5.75 Å². The van der Waals surface area contributed by atoms with Crippen molar-refractivity contribution < 1.29 is 9.53 Å². The van der Waals surface area contributed by atoms with Gasteiger partial charge in [-0.25, -0.2) is 0 Å². The van der Waals surface area contributed by atoms with Gasteiger partial charge in [0.25, 0.3) is 0 Å². The minimum atomic E-state index is 0.0731. The zero-order valence-electron chi connectivity index (χ0n) is 10.7. The van der Waals surface area contributed by atoms with Crippen molar-refractivity contribution in [1.29, 1.82) is 0 Å². The number of rotatable bonds is 4. The van der Waals surface area contributed by atoms with Gasteiger partial charge in [-0.1, -0.05) is 26.0 Å². The van der Waals surface area contributed by atoms with E-state index in [4.69, 9.17) is 4.74 Å². The van der Waals surface area contributed by atoms with E-state index in [0.29, 0.717) is 11.5 Å². The third-order valence-corrected chi connectivity index (χ3v) is 2.40. The van der Waals surface area contributed by atoms with Crippen LogP contribution in [-0.4, -0.2) is 11.9 Å². The highest BCUT2D eigenvalue weighted by molar-refractivity contribution is 5.94. The summed E-state index contributed by atoms with van der Waals surface area (Å²) in [6, 6.07) is 5.70. The molecule has 88 valence electrons. The molecule has 0 radical (unpaired) electrons. The molecular formula is C14H20O2. The van der Waals surface area contributed by atoms with E-state index in [1.165, 1.54) is 0 Å². The Kier molecular flexibility index (Phi) is 4.11. The predicted octanol–water partition coefficient (Wildman–Crippen LogP) is 3.80. The second-order valence-electron chi connectivity index (χ2n) is 4.63. The van der Waals surface area contributed by atoms with Crippen LogP contribution in [0.3, 0.4) is 0 Å². The Labute approximate surface area is 97.6 Å². The van der Waals surface area contributed by atoms with Crippen LogP contribution in [0.1, 0.15) is 56.5 Å². The lowest BCUT2D eigenvalue weighted by Gasteiger charge is -2.17. The summed E-state index contributed by atoms with van der Waals surface area (Å²) in [5, 5.41) is 0. The number of benzene rings is 1. The molecular weight excluding hydrogens is 200 g/mol. The van der Waals surface area contributed by atoms with E-state index >= 15 is 0 Å². The fourth-order valence-electron chi connectivity index (χ4n) is 1.59. The van der Waals surface area contributed by atoms with Crippen LogP contribution in [0.2, 0.25) is 0 Å². The number of carbonyl (C=O) groups is 1. The van der Waals surface area contributed by atoms with Crippen LogP contribution in [0.4, 0.5) is 0 Å². The summed E-state index contributed by atoms with van der Waals surface area (Å²) < 4.78 is 5.75. The number of Topliss-reactive ketones (excluding diaryl/α,β-unsaturated/α-hetero) is 1. The van der Waals surface area contributed by atoms with Crippen molar-refractivity contribution in [3.05, 3.63) is 29.3 Å². The summed E-state index contributed by atoms with van der Waals surface area (Å²) in [5.74, 6) is 1.30. The first-order valence-corrected chi connectivity index (χ1v) is 5.73. The Morgan fingerprint density at radius 3 is 2.25 bits per heavy atom. The molecule has 0 fully saturated rings. The molecule has 0 N–H and O–H groups in total. The summed E-state index contributed by atoms with van der Waals surface area (Å²) in [4.78, 5) is 11.3. The maximum atomic E-state index is 11.3. The lowest BCUT2D eigenvalue weighted by atomic mass is 9.99. The Bertz CT molecular complexity index is 378. The molecule has 1 rings (SSSR count). The van der Waals surface area contributed by atoms with Crippen molar-refractivity contribution >= 4 is 5.78 Å². The van der Waals surface area contributed by atoms with Gasteiger partial charge in [-0.15, -0.1) is 0 Å². The molecule has 0 heterocycles. The van der Waals surface area contributed by atoms with Gasteiger partial charge < -0.3 is 4.74 Å². The molecule has 0 aliphatic rings. The molecule has 0 bridgehead atoms. The topological polar surface area (TPSA) is 26.3 Å². The van der Waals surface area contributed by atoms with E-state index in [1.54, 1.807) is 6.92 Å². The second-order valence-corrected chi connectivity index (χ2v) is 4.63. The molecule has 1 aromatic rings. The van der Waals surface area contributed by atoms with Gasteiger partial charge in [0.15, 0.2) is 5.78 Å². The van der Waals surface area contributed by atoms with Crippen molar-refractivity contribution in [1.82, 2.24) is 0 Å². The van der Waals surface area contributed by atoms with Gasteiger partial charge in [-0.3, -0.25) is 4.79 Å². The lowest BCUT2D eigenvalue weighted by molar-refractivity contribution is 0.101. The molecule has 0 aromatic heterocycles. The van der Waals surface area contributed by atoms with Gasteiger partial charge >= 0.3 is 0 Å². The third-order valence-electron chi connectivity index (χ3n) is 2.40. The molecule has 0 aliphatic heterocycles. The van der Waals surface area contributed by atoms with Crippen LogP contribution in [-0.2, 0) is 0 Å². The summed E-state index contributed by atoms with van der Waals surface area (Å²) in [6.45, 7) is 9.80. The Morgan fingerprint density at radius 2 is 1.81 bits per heavy atom. The van der Waals surface area contributed by atoms with Crippen molar-refractivity contribution in [2.24, 2.45) is 0 Å². The number of ketones is 1. The fourth-order valence-corrected chi connectivity index (χ4v) is 1.59. The van der Waals surface area contributed by atoms with E-state index < -0.39 is 0 Å². The number of carbonyl (C=O) groups excluding carboxylic acids is 1. The highest BCUT2D eigenvalue weighted by atomic mass is 16.5. The van der Waals surface area contributed by atoms with Crippen LogP contribution in [0, 0.1) is 0 Å². The van der Waals surface area contributed by atoms with Crippen LogP contribution < -0.4 is 4.74 Å². The van der Waals surface area contributed by atoms with Gasteiger partial charge in [0.05, 0.1) is 6.10 Å². The average Bonchev–Trinajstić information content (AvgIpc) is 2.15. The Morgan fingerprint density at radius 1 is 1.19 bits per heavy atom. The van der Waals surface area contributed by atoms with E-state index in [9.17, 15) is 4.79 Å². The third kappa shape index (κ3) is 3.09. The molecule has 0 saturated carbocycles. The van der Waals surface area contributed by atoms with Crippen molar-refractivity contribution in [2.75, 3.05) is 0 Å². The molecule has 0 atom stereocenters. The van der Waals surface area contributed by atoms with Gasteiger partial charge in [-0.05, 0) is 38.3 Å². The minimum absolute atomic E-state index is 0.0731. The molecule has 0 spiro atoms. The van der Waals surface area contributed by atoms with Crippen LogP contribution in [0.5, 0.6) is 5.75 Å². The standard InChI is InChI=1S/C14H20O2/c1-9(2)13-7-6-12(11(5)15)8-14(13)16-10(3)4/h6-10H,1-5H3. The molecule has 2 nitrogen and oxygen atoms in total. The van der Waals surface area contributed by atoms with Crippen molar-refractivity contribution in [3.63, 3.8) is 0 Å². The summed E-state index contributed by atoms with van der Waals surface area (Å²) in [6.07, 6.45) is 0.125. The predicted molar refractivity (Wildman–Crippen MR) is 66.3 cm³/mol. The van der Waals surface area contributed by atoms with Crippen LogP contribution in [0.25, 0.3) is 0 Å². The zero-order chi connectivity index (χ0) is 12.3. The van der Waals surface area contributed by atoms with Crippen LogP contribution in [0.15, 0.2) is 18.2 Å². The summed E-state index contributed by atoms with van der Waals surface area (Å²) >= 11 is 0. The number of ether oxygens (including phenoxy) is 1. The first kappa shape index (κ1) is 12.8. The maximum absolute atomic E-state index is 11.3. The fraction of sp³-hybridized carbons (Fsp3) is 0.500. The van der Waals surface area contributed by atoms with Gasteiger partial charge in [0.2, 0.25) is 0 Å². The molecule has 2 heteroatoms. The number of hydrogen-bond donors (Lipinski definition) is 0. The number of hydrogen-bond acceptors (Lipinski definition) is 2. The minimum Gasteiger partial charge on any atom is -0.491 e. The Hall–Kier alpha value is -1.31. The summed E-state index contributed by atoms with van der Waals surface area (Å²) in [5.41, 5.74) is 1.86. The second kappa shape index (κ2) is 5.15. The largest absolute Gasteiger partial charge is 0.491 e. The highest BCUT2D eigenvalue weighted by Gasteiger charge is 2.11. The van der Waals surface area contributed by atoms with Crippen LogP contribution >= 0.6 is 0 Å². The highest BCUT2D eigenvalue weighted by Crippen LogP contribution is 2.28.